The Kier molecular flexibility index (Phi) is 5.96. The van der Waals surface area contributed by atoms with Crippen LogP contribution >= 0.6 is 0 Å². The van der Waals surface area contributed by atoms with Crippen LogP contribution in [0.1, 0.15) is 29.8 Å². The third-order valence-corrected chi connectivity index (χ3v) is 2.89. The lowest BCUT2D eigenvalue weighted by molar-refractivity contribution is -0.133. The molecule has 0 bridgehead atoms. The van der Waals surface area contributed by atoms with Crippen molar-refractivity contribution in [1.29, 1.82) is 0 Å². The van der Waals surface area contributed by atoms with Gasteiger partial charge in [0.15, 0.2) is 6.61 Å². The van der Waals surface area contributed by atoms with Crippen LogP contribution in [0.25, 0.3) is 0 Å². The number of ether oxygens (including phenoxy) is 1. The molecule has 1 amide bonds. The Morgan fingerprint density at radius 3 is 2.62 bits per heavy atom. The van der Waals surface area contributed by atoms with E-state index in [-0.39, 0.29) is 23.8 Å². The maximum Gasteiger partial charge on any atom is 0.342 e. The number of esters is 1. The SMILES string of the molecule is C=C(C)CN(CC)C(=O)COC(=O)c1cc(C)ccc1O. The van der Waals surface area contributed by atoms with Crippen LogP contribution < -0.4 is 0 Å². The molecule has 1 aromatic carbocycles. The third kappa shape index (κ3) is 4.95. The summed E-state index contributed by atoms with van der Waals surface area (Å²) in [6.07, 6.45) is 0. The molecule has 114 valence electrons. The van der Waals surface area contributed by atoms with E-state index in [9.17, 15) is 14.7 Å². The van der Waals surface area contributed by atoms with Crippen LogP contribution in [-0.2, 0) is 9.53 Å². The lowest BCUT2D eigenvalue weighted by Gasteiger charge is -2.20. The van der Waals surface area contributed by atoms with Gasteiger partial charge in [0.2, 0.25) is 0 Å². The molecule has 1 rings (SSSR count). The van der Waals surface area contributed by atoms with Crippen LogP contribution in [0, 0.1) is 6.92 Å². The van der Waals surface area contributed by atoms with Gasteiger partial charge in [0.1, 0.15) is 11.3 Å². The summed E-state index contributed by atoms with van der Waals surface area (Å²) in [6, 6.07) is 4.63. The Labute approximate surface area is 124 Å². The van der Waals surface area contributed by atoms with Gasteiger partial charge in [0, 0.05) is 13.1 Å². The molecular formula is C16H21NO4. The van der Waals surface area contributed by atoms with Gasteiger partial charge in [-0.1, -0.05) is 23.8 Å². The molecule has 0 saturated carbocycles. The van der Waals surface area contributed by atoms with Crippen LogP contribution in [0.15, 0.2) is 30.4 Å². The third-order valence-electron chi connectivity index (χ3n) is 2.89. The maximum absolute atomic E-state index is 11.9. The summed E-state index contributed by atoms with van der Waals surface area (Å²) >= 11 is 0. The van der Waals surface area contributed by atoms with E-state index < -0.39 is 5.97 Å². The fraction of sp³-hybridized carbons (Fsp3) is 0.375. The largest absolute Gasteiger partial charge is 0.507 e. The number of hydrogen-bond acceptors (Lipinski definition) is 4. The van der Waals surface area contributed by atoms with E-state index in [1.807, 2.05) is 13.8 Å². The van der Waals surface area contributed by atoms with Crippen LogP contribution in [0.2, 0.25) is 0 Å². The number of carbonyl (C=O) groups excluding carboxylic acids is 2. The van der Waals surface area contributed by atoms with Gasteiger partial charge in [-0.2, -0.15) is 0 Å². The van der Waals surface area contributed by atoms with Gasteiger partial charge in [-0.3, -0.25) is 4.79 Å². The van der Waals surface area contributed by atoms with E-state index in [1.165, 1.54) is 12.1 Å². The molecule has 21 heavy (non-hydrogen) atoms. The average Bonchev–Trinajstić information content (AvgIpc) is 2.44. The highest BCUT2D eigenvalue weighted by Crippen LogP contribution is 2.19. The molecule has 0 aliphatic rings. The summed E-state index contributed by atoms with van der Waals surface area (Å²) in [5.41, 5.74) is 1.74. The van der Waals surface area contributed by atoms with Crippen molar-refractivity contribution in [3.05, 3.63) is 41.5 Å². The average molecular weight is 291 g/mol. The molecular weight excluding hydrogens is 270 g/mol. The number of benzene rings is 1. The normalized spacial score (nSPS) is 10.0. The van der Waals surface area contributed by atoms with Gasteiger partial charge in [0.05, 0.1) is 0 Å². The number of hydrogen-bond donors (Lipinski definition) is 1. The molecule has 0 unspecified atom stereocenters. The number of aryl methyl sites for hydroxylation is 1. The molecule has 0 aliphatic heterocycles. The van der Waals surface area contributed by atoms with Gasteiger partial charge < -0.3 is 14.7 Å². The summed E-state index contributed by atoms with van der Waals surface area (Å²) in [5, 5.41) is 9.64. The maximum atomic E-state index is 11.9. The van der Waals surface area contributed by atoms with Gasteiger partial charge in [-0.25, -0.2) is 4.79 Å². The predicted molar refractivity (Wildman–Crippen MR) is 80.2 cm³/mol. The molecule has 0 saturated heterocycles. The minimum absolute atomic E-state index is 0.0609. The first kappa shape index (κ1) is 16.8. The minimum atomic E-state index is -0.712. The van der Waals surface area contributed by atoms with E-state index in [4.69, 9.17) is 4.74 Å². The fourth-order valence-corrected chi connectivity index (χ4v) is 1.81. The highest BCUT2D eigenvalue weighted by molar-refractivity contribution is 5.94. The molecule has 5 heteroatoms. The van der Waals surface area contributed by atoms with Crippen molar-refractivity contribution in [2.45, 2.75) is 20.8 Å². The number of amides is 1. The highest BCUT2D eigenvalue weighted by Gasteiger charge is 2.17. The Morgan fingerprint density at radius 1 is 1.38 bits per heavy atom. The molecule has 0 aromatic heterocycles. The van der Waals surface area contributed by atoms with Crippen molar-refractivity contribution in [2.24, 2.45) is 0 Å². The molecule has 0 spiro atoms. The molecule has 5 nitrogen and oxygen atoms in total. The van der Waals surface area contributed by atoms with Crippen LogP contribution in [0.4, 0.5) is 0 Å². The smallest absolute Gasteiger partial charge is 0.342 e. The molecule has 0 atom stereocenters. The number of phenols is 1. The Balaban J connectivity index is 2.65. The summed E-state index contributed by atoms with van der Waals surface area (Å²) in [5.74, 6) is -1.16. The second-order valence-corrected chi connectivity index (χ2v) is 4.96. The molecule has 1 N–H and O–H groups in total. The summed E-state index contributed by atoms with van der Waals surface area (Å²) in [7, 11) is 0. The fourth-order valence-electron chi connectivity index (χ4n) is 1.81. The lowest BCUT2D eigenvalue weighted by Crippen LogP contribution is -2.35. The molecule has 0 heterocycles. The summed E-state index contributed by atoms with van der Waals surface area (Å²) in [6.45, 7) is 9.81. The zero-order chi connectivity index (χ0) is 16.0. The first-order chi connectivity index (χ1) is 9.85. The second-order valence-electron chi connectivity index (χ2n) is 4.96. The minimum Gasteiger partial charge on any atom is -0.507 e. The second kappa shape index (κ2) is 7.47. The standard InChI is InChI=1S/C16H21NO4/c1-5-17(9-11(2)3)15(19)10-21-16(20)13-8-12(4)6-7-14(13)18/h6-8,18H,2,5,9-10H2,1,3-4H3. The zero-order valence-corrected chi connectivity index (χ0v) is 12.7. The van der Waals surface area contributed by atoms with E-state index in [1.54, 1.807) is 17.9 Å². The van der Waals surface area contributed by atoms with Crippen LogP contribution in [0.3, 0.4) is 0 Å². The monoisotopic (exact) mass is 291 g/mol. The number of carbonyl (C=O) groups is 2. The Hall–Kier alpha value is -2.30. The van der Waals surface area contributed by atoms with E-state index in [0.717, 1.165) is 11.1 Å². The van der Waals surface area contributed by atoms with Crippen molar-refractivity contribution in [3.8, 4) is 5.75 Å². The van der Waals surface area contributed by atoms with Crippen LogP contribution in [0.5, 0.6) is 5.75 Å². The Morgan fingerprint density at radius 2 is 2.05 bits per heavy atom. The predicted octanol–water partition coefficient (Wildman–Crippen LogP) is 2.28. The summed E-state index contributed by atoms with van der Waals surface area (Å²) in [4.78, 5) is 25.4. The molecule has 1 aromatic rings. The van der Waals surface area contributed by atoms with Crippen LogP contribution in [-0.4, -0.2) is 41.6 Å². The molecule has 0 fully saturated rings. The summed E-state index contributed by atoms with van der Waals surface area (Å²) < 4.78 is 4.97. The van der Waals surface area contributed by atoms with Crippen molar-refractivity contribution in [1.82, 2.24) is 4.90 Å². The number of phenolic OH excluding ortho intramolecular Hbond substituents is 1. The van der Waals surface area contributed by atoms with Crippen molar-refractivity contribution >= 4 is 11.9 Å². The highest BCUT2D eigenvalue weighted by atomic mass is 16.5. The van der Waals surface area contributed by atoms with E-state index in [2.05, 4.69) is 6.58 Å². The van der Waals surface area contributed by atoms with Crippen molar-refractivity contribution < 1.29 is 19.4 Å². The quantitative estimate of drug-likeness (QED) is 0.645. The van der Waals surface area contributed by atoms with Gasteiger partial charge >= 0.3 is 5.97 Å². The first-order valence-corrected chi connectivity index (χ1v) is 6.74. The van der Waals surface area contributed by atoms with E-state index in [0.29, 0.717) is 13.1 Å². The first-order valence-electron chi connectivity index (χ1n) is 6.74. The van der Waals surface area contributed by atoms with Crippen molar-refractivity contribution in [3.63, 3.8) is 0 Å². The van der Waals surface area contributed by atoms with E-state index >= 15 is 0 Å². The molecule has 0 aliphatic carbocycles. The number of aromatic hydroxyl groups is 1. The molecule has 0 radical (unpaired) electrons. The number of nitrogens with zero attached hydrogens (tertiary/aromatic N) is 1. The van der Waals surface area contributed by atoms with Gasteiger partial charge in [0.25, 0.3) is 5.91 Å². The Bertz CT molecular complexity index is 551. The lowest BCUT2D eigenvalue weighted by atomic mass is 10.1. The van der Waals surface area contributed by atoms with Gasteiger partial charge in [-0.05, 0) is 32.9 Å². The zero-order valence-electron chi connectivity index (χ0n) is 12.7. The topological polar surface area (TPSA) is 66.8 Å². The van der Waals surface area contributed by atoms with Gasteiger partial charge in [-0.15, -0.1) is 0 Å². The van der Waals surface area contributed by atoms with Crippen molar-refractivity contribution in [2.75, 3.05) is 19.7 Å². The number of likely N-dealkylation sites (N-methyl/N-ethyl adjacent to an activating group) is 1. The number of rotatable bonds is 6.